The zero-order valence-electron chi connectivity index (χ0n) is 34.0. The number of benzene rings is 2. The maximum Gasteiger partial charge on any atom is 0.262 e. The van der Waals surface area contributed by atoms with Crippen molar-refractivity contribution in [2.45, 2.75) is 70.6 Å². The van der Waals surface area contributed by atoms with Gasteiger partial charge >= 0.3 is 0 Å². The molecular formula is C44H52N6O8. The van der Waals surface area contributed by atoms with Crippen LogP contribution in [0.15, 0.2) is 46.3 Å². The zero-order chi connectivity index (χ0) is 41.3. The number of piperidine rings is 1. The predicted molar refractivity (Wildman–Crippen MR) is 219 cm³/mol. The van der Waals surface area contributed by atoms with Crippen molar-refractivity contribution in [2.75, 3.05) is 47.4 Å². The Bertz CT molecular complexity index is 2320. The lowest BCUT2D eigenvalue weighted by atomic mass is 9.66. The van der Waals surface area contributed by atoms with Gasteiger partial charge in [0, 0.05) is 44.5 Å². The minimum Gasteiger partial charge on any atom is -0.496 e. The van der Waals surface area contributed by atoms with Crippen molar-refractivity contribution >= 4 is 42.6 Å². The molecule has 4 heterocycles. The van der Waals surface area contributed by atoms with Crippen molar-refractivity contribution in [3.63, 3.8) is 0 Å². The van der Waals surface area contributed by atoms with Crippen molar-refractivity contribution in [2.24, 2.45) is 17.5 Å². The molecule has 1 N–H and O–H groups in total. The molecule has 4 amide bonds. The van der Waals surface area contributed by atoms with E-state index in [4.69, 9.17) is 14.2 Å². The van der Waals surface area contributed by atoms with Gasteiger partial charge in [0.15, 0.2) is 0 Å². The maximum absolute atomic E-state index is 13.2. The molecule has 0 radical (unpaired) electrons. The second-order valence-electron chi connectivity index (χ2n) is 16.0. The van der Waals surface area contributed by atoms with E-state index < -0.39 is 29.7 Å². The summed E-state index contributed by atoms with van der Waals surface area (Å²) < 4.78 is 19.6. The minimum absolute atomic E-state index is 0.0344. The second kappa shape index (κ2) is 16.7. The van der Waals surface area contributed by atoms with E-state index >= 15 is 0 Å². The number of aromatic nitrogens is 1. The molecule has 7 rings (SSSR count). The number of fused-ring (bicyclic) bond motifs is 1. The first kappa shape index (κ1) is 40.6. The van der Waals surface area contributed by atoms with Gasteiger partial charge in [0.1, 0.15) is 23.3 Å². The van der Waals surface area contributed by atoms with Crippen molar-refractivity contribution in [1.82, 2.24) is 24.6 Å². The molecule has 306 valence electrons. The molecule has 1 aliphatic carbocycles. The molecule has 3 aliphatic heterocycles. The largest absolute Gasteiger partial charge is 0.496 e. The molecule has 2 saturated heterocycles. The lowest BCUT2D eigenvalue weighted by Crippen LogP contribution is -2.54. The highest BCUT2D eigenvalue weighted by atomic mass is 16.5. The van der Waals surface area contributed by atoms with Crippen molar-refractivity contribution < 1.29 is 33.4 Å². The van der Waals surface area contributed by atoms with Gasteiger partial charge in [0.2, 0.25) is 11.8 Å². The Labute approximate surface area is 337 Å². The number of methoxy groups -OCH3 is 2. The van der Waals surface area contributed by atoms with Crippen LogP contribution >= 0.6 is 0 Å². The summed E-state index contributed by atoms with van der Waals surface area (Å²) >= 11 is 0. The van der Waals surface area contributed by atoms with Crippen LogP contribution in [0.2, 0.25) is 0 Å². The summed E-state index contributed by atoms with van der Waals surface area (Å²) in [6.45, 7) is 10.1. The molecule has 14 heteroatoms. The van der Waals surface area contributed by atoms with E-state index in [0.29, 0.717) is 29.0 Å². The van der Waals surface area contributed by atoms with Gasteiger partial charge < -0.3 is 28.6 Å². The number of unbranched alkanes of at least 4 members (excludes halogenated alkanes) is 1. The number of hydrogen-bond donors (Lipinski definition) is 1. The Hall–Kier alpha value is -5.60. The van der Waals surface area contributed by atoms with Crippen LogP contribution in [0.1, 0.15) is 78.1 Å². The maximum atomic E-state index is 13.2. The van der Waals surface area contributed by atoms with Gasteiger partial charge in [-0.2, -0.15) is 0 Å². The SMILES string of the molecule is C=N/C=c1/c(=O)n(C)cc(-c2cc(OC)c(CN(C)CCCCN3CCC4(CC(Oc5ccc6c(c5)C(=O)N(C5CCC(=O)NC5=O)C6=O)C4)C3)c(OC)c2)/c1=C/C. The van der Waals surface area contributed by atoms with Crippen LogP contribution in [0.5, 0.6) is 17.2 Å². The molecule has 0 bridgehead atoms. The first-order chi connectivity index (χ1) is 27.9. The number of likely N-dealkylation sites (tertiary alicyclic amines) is 1. The van der Waals surface area contributed by atoms with Gasteiger partial charge in [0.25, 0.3) is 17.4 Å². The van der Waals surface area contributed by atoms with Crippen molar-refractivity contribution in [1.29, 1.82) is 0 Å². The van der Waals surface area contributed by atoms with E-state index in [1.807, 2.05) is 31.3 Å². The smallest absolute Gasteiger partial charge is 0.262 e. The number of aliphatic imine (C=N–C) groups is 1. The van der Waals surface area contributed by atoms with Gasteiger partial charge in [-0.15, -0.1) is 0 Å². The molecule has 1 unspecified atom stereocenters. The molecule has 1 aromatic heterocycles. The first-order valence-corrected chi connectivity index (χ1v) is 19.9. The summed E-state index contributed by atoms with van der Waals surface area (Å²) in [5.74, 6) is -0.111. The number of hydrogen-bond acceptors (Lipinski definition) is 11. The highest BCUT2D eigenvalue weighted by molar-refractivity contribution is 6.23. The lowest BCUT2D eigenvalue weighted by Gasteiger charge is -2.45. The average molecular weight is 793 g/mol. The third-order valence-corrected chi connectivity index (χ3v) is 12.1. The van der Waals surface area contributed by atoms with Crippen LogP contribution in [0.25, 0.3) is 23.4 Å². The second-order valence-corrected chi connectivity index (χ2v) is 16.0. The fourth-order valence-electron chi connectivity index (χ4n) is 9.15. The summed E-state index contributed by atoms with van der Waals surface area (Å²) in [6.07, 6.45) is 10.6. The van der Waals surface area contributed by atoms with E-state index in [0.717, 1.165) is 85.1 Å². The number of aryl methyl sites for hydroxylation is 1. The number of nitrogens with one attached hydrogen (secondary N) is 1. The summed E-state index contributed by atoms with van der Waals surface area (Å²) in [5, 5.41) is 3.48. The minimum atomic E-state index is -0.992. The van der Waals surface area contributed by atoms with E-state index in [9.17, 15) is 24.0 Å². The highest BCUT2D eigenvalue weighted by Crippen LogP contribution is 2.49. The molecule has 1 atom stereocenters. The van der Waals surface area contributed by atoms with Crippen LogP contribution in [0.3, 0.4) is 0 Å². The molecule has 3 fully saturated rings. The van der Waals surface area contributed by atoms with Gasteiger partial charge in [-0.1, -0.05) is 6.08 Å². The van der Waals surface area contributed by atoms with Gasteiger partial charge in [-0.05, 0) is 125 Å². The third kappa shape index (κ3) is 7.82. The Morgan fingerprint density at radius 2 is 1.71 bits per heavy atom. The first-order valence-electron chi connectivity index (χ1n) is 19.9. The standard InChI is InChI=1S/C44H52N6O8/c1-7-30-33(23-45-2)41(53)48(4)25-34(30)27-18-37(56-5)35(38(19-27)57-6)24-47(3)15-8-9-16-49-17-14-44(26-49)21-29(22-44)58-28-10-11-31-32(20-28)43(55)50(42(31)54)36-12-13-39(51)46-40(36)52/h7,10-11,18-20,23,25,29,36H,2,8-9,12-17,21-22,24,26H2,1,3-6H3,(H,46,51,52)/b30-7+,33-23+. The monoisotopic (exact) mass is 792 g/mol. The number of pyridine rings is 1. The third-order valence-electron chi connectivity index (χ3n) is 12.1. The van der Waals surface area contributed by atoms with Gasteiger partial charge in [0.05, 0.1) is 42.2 Å². The molecule has 1 spiro atoms. The molecule has 14 nitrogen and oxygen atoms in total. The Morgan fingerprint density at radius 3 is 2.38 bits per heavy atom. The number of carbonyl (C=O) groups is 4. The number of nitrogens with zero attached hydrogens (tertiary/aromatic N) is 5. The van der Waals surface area contributed by atoms with E-state index in [2.05, 4.69) is 33.9 Å². The Balaban J connectivity index is 0.888. The van der Waals surface area contributed by atoms with Crippen molar-refractivity contribution in [3.8, 4) is 28.4 Å². The fraction of sp³-hybridized carbons (Fsp3) is 0.455. The van der Waals surface area contributed by atoms with E-state index in [1.54, 1.807) is 44.0 Å². The average Bonchev–Trinajstić information content (AvgIpc) is 3.73. The Morgan fingerprint density at radius 1 is 0.983 bits per heavy atom. The van der Waals surface area contributed by atoms with E-state index in [-0.39, 0.29) is 41.0 Å². The zero-order valence-corrected chi connectivity index (χ0v) is 34.0. The highest BCUT2D eigenvalue weighted by Gasteiger charge is 2.50. The fourth-order valence-corrected chi connectivity index (χ4v) is 9.15. The Kier molecular flexibility index (Phi) is 11.7. The lowest BCUT2D eigenvalue weighted by molar-refractivity contribution is -0.136. The summed E-state index contributed by atoms with van der Waals surface area (Å²) in [4.78, 5) is 72.9. The molecule has 2 aromatic carbocycles. The molecule has 4 aliphatic rings. The number of imide groups is 2. The van der Waals surface area contributed by atoms with Crippen LogP contribution in [-0.4, -0.2) is 109 Å². The number of ether oxygens (including phenoxy) is 3. The number of rotatable bonds is 14. The van der Waals surface area contributed by atoms with Gasteiger partial charge in [-0.3, -0.25) is 39.2 Å². The van der Waals surface area contributed by atoms with Crippen LogP contribution in [0.4, 0.5) is 0 Å². The number of carbonyl (C=O) groups excluding carboxylic acids is 4. The summed E-state index contributed by atoms with van der Waals surface area (Å²) in [7, 11) is 7.15. The predicted octanol–water partition coefficient (Wildman–Crippen LogP) is 2.86. The molecule has 1 saturated carbocycles. The quantitative estimate of drug-likeness (QED) is 0.147. The van der Waals surface area contributed by atoms with Crippen LogP contribution in [-0.2, 0) is 23.2 Å². The van der Waals surface area contributed by atoms with E-state index in [1.165, 1.54) is 6.20 Å². The van der Waals surface area contributed by atoms with Crippen LogP contribution in [0, 0.1) is 5.41 Å². The molecule has 3 aromatic rings. The van der Waals surface area contributed by atoms with Gasteiger partial charge in [-0.25, -0.2) is 0 Å². The van der Waals surface area contributed by atoms with Crippen molar-refractivity contribution in [3.05, 3.63) is 74.0 Å². The molecular weight excluding hydrogens is 741 g/mol. The summed E-state index contributed by atoms with van der Waals surface area (Å²) in [5.41, 5.74) is 3.25. The van der Waals surface area contributed by atoms with Crippen LogP contribution < -0.4 is 35.5 Å². The topological polar surface area (TPSA) is 152 Å². The normalized spacial score (nSPS) is 22.5. The summed E-state index contributed by atoms with van der Waals surface area (Å²) in [6, 6.07) is 7.93. The molecule has 58 heavy (non-hydrogen) atoms. The number of amides is 4.